The maximum Gasteiger partial charge on any atom is 0.0753 e. The SMILES string of the molecule is OC1CCCC/C1=C/c1ccccc1. The molecule has 1 fully saturated rings. The first kappa shape index (κ1) is 9.47. The van der Waals surface area contributed by atoms with Crippen LogP contribution in [0.25, 0.3) is 6.08 Å². The molecule has 1 aromatic rings. The summed E-state index contributed by atoms with van der Waals surface area (Å²) in [6.07, 6.45) is 6.28. The van der Waals surface area contributed by atoms with E-state index >= 15 is 0 Å². The molecule has 1 unspecified atom stereocenters. The van der Waals surface area contributed by atoms with Crippen molar-refractivity contribution in [2.75, 3.05) is 0 Å². The van der Waals surface area contributed by atoms with E-state index in [1.807, 2.05) is 18.2 Å². The average molecular weight is 188 g/mol. The molecule has 1 N–H and O–H groups in total. The van der Waals surface area contributed by atoms with Crippen molar-refractivity contribution < 1.29 is 5.11 Å². The van der Waals surface area contributed by atoms with Gasteiger partial charge in [0.2, 0.25) is 0 Å². The first-order valence-electron chi connectivity index (χ1n) is 5.30. The Morgan fingerprint density at radius 1 is 1.14 bits per heavy atom. The van der Waals surface area contributed by atoms with Gasteiger partial charge in [-0.1, -0.05) is 42.8 Å². The molecule has 0 heterocycles. The Morgan fingerprint density at radius 3 is 2.64 bits per heavy atom. The lowest BCUT2D eigenvalue weighted by Crippen LogP contribution is -2.14. The van der Waals surface area contributed by atoms with Gasteiger partial charge in [-0.15, -0.1) is 0 Å². The minimum absolute atomic E-state index is 0.205. The second-order valence-corrected chi connectivity index (χ2v) is 3.89. The summed E-state index contributed by atoms with van der Waals surface area (Å²) < 4.78 is 0. The minimum Gasteiger partial charge on any atom is -0.389 e. The Labute approximate surface area is 85.1 Å². The summed E-state index contributed by atoms with van der Waals surface area (Å²) in [6.45, 7) is 0. The van der Waals surface area contributed by atoms with Crippen molar-refractivity contribution in [2.24, 2.45) is 0 Å². The van der Waals surface area contributed by atoms with Crippen molar-refractivity contribution in [1.82, 2.24) is 0 Å². The van der Waals surface area contributed by atoms with E-state index in [2.05, 4.69) is 18.2 Å². The van der Waals surface area contributed by atoms with Gasteiger partial charge in [0.1, 0.15) is 0 Å². The van der Waals surface area contributed by atoms with Crippen LogP contribution in [-0.2, 0) is 0 Å². The second-order valence-electron chi connectivity index (χ2n) is 3.89. The van der Waals surface area contributed by atoms with E-state index in [0.717, 1.165) is 19.3 Å². The summed E-state index contributed by atoms with van der Waals surface area (Å²) in [7, 11) is 0. The standard InChI is InChI=1S/C13H16O/c14-13-9-5-4-8-12(13)10-11-6-2-1-3-7-11/h1-3,6-7,10,13-14H,4-5,8-9H2/b12-10-. The Bertz CT molecular complexity index is 313. The largest absolute Gasteiger partial charge is 0.389 e. The van der Waals surface area contributed by atoms with Crippen LogP contribution in [0.4, 0.5) is 0 Å². The number of aliphatic hydroxyl groups excluding tert-OH is 1. The quantitative estimate of drug-likeness (QED) is 0.718. The summed E-state index contributed by atoms with van der Waals surface area (Å²) in [6, 6.07) is 10.2. The van der Waals surface area contributed by atoms with Crippen molar-refractivity contribution in [2.45, 2.75) is 31.8 Å². The lowest BCUT2D eigenvalue weighted by molar-refractivity contribution is 0.180. The van der Waals surface area contributed by atoms with E-state index in [-0.39, 0.29) is 6.10 Å². The van der Waals surface area contributed by atoms with Gasteiger partial charge in [0, 0.05) is 0 Å². The highest BCUT2D eigenvalue weighted by molar-refractivity contribution is 5.53. The summed E-state index contributed by atoms with van der Waals surface area (Å²) in [4.78, 5) is 0. The van der Waals surface area contributed by atoms with E-state index in [4.69, 9.17) is 0 Å². The van der Waals surface area contributed by atoms with Crippen molar-refractivity contribution >= 4 is 6.08 Å². The molecule has 0 aromatic heterocycles. The summed E-state index contributed by atoms with van der Waals surface area (Å²) in [5.74, 6) is 0. The fourth-order valence-electron chi connectivity index (χ4n) is 1.95. The number of aliphatic hydroxyl groups is 1. The van der Waals surface area contributed by atoms with E-state index in [1.54, 1.807) is 0 Å². The van der Waals surface area contributed by atoms with Gasteiger partial charge in [0.25, 0.3) is 0 Å². The zero-order valence-electron chi connectivity index (χ0n) is 8.32. The molecule has 0 spiro atoms. The maximum absolute atomic E-state index is 9.76. The monoisotopic (exact) mass is 188 g/mol. The van der Waals surface area contributed by atoms with Crippen LogP contribution in [0.5, 0.6) is 0 Å². The van der Waals surface area contributed by atoms with Crippen molar-refractivity contribution in [3.63, 3.8) is 0 Å². The molecule has 1 aromatic carbocycles. The zero-order chi connectivity index (χ0) is 9.80. The lowest BCUT2D eigenvalue weighted by atomic mass is 9.91. The van der Waals surface area contributed by atoms with Gasteiger partial charge in [-0.2, -0.15) is 0 Å². The molecule has 2 rings (SSSR count). The van der Waals surface area contributed by atoms with Crippen molar-refractivity contribution in [3.8, 4) is 0 Å². The van der Waals surface area contributed by atoms with E-state index in [1.165, 1.54) is 17.6 Å². The summed E-state index contributed by atoms with van der Waals surface area (Å²) in [5.41, 5.74) is 2.39. The fourth-order valence-corrected chi connectivity index (χ4v) is 1.95. The maximum atomic E-state index is 9.76. The molecule has 14 heavy (non-hydrogen) atoms. The third-order valence-electron chi connectivity index (χ3n) is 2.77. The average Bonchev–Trinajstić information content (AvgIpc) is 2.23. The van der Waals surface area contributed by atoms with Gasteiger partial charge in [0.15, 0.2) is 0 Å². The number of hydrogen-bond acceptors (Lipinski definition) is 1. The van der Waals surface area contributed by atoms with Crippen LogP contribution < -0.4 is 0 Å². The smallest absolute Gasteiger partial charge is 0.0753 e. The fraction of sp³-hybridized carbons (Fsp3) is 0.385. The minimum atomic E-state index is -0.205. The molecule has 0 radical (unpaired) electrons. The molecule has 0 bridgehead atoms. The predicted molar refractivity (Wildman–Crippen MR) is 58.9 cm³/mol. The van der Waals surface area contributed by atoms with Gasteiger partial charge >= 0.3 is 0 Å². The Balaban J connectivity index is 2.17. The lowest BCUT2D eigenvalue weighted by Gasteiger charge is -2.20. The third kappa shape index (κ3) is 2.24. The van der Waals surface area contributed by atoms with Crippen LogP contribution in [-0.4, -0.2) is 11.2 Å². The highest BCUT2D eigenvalue weighted by Crippen LogP contribution is 2.25. The van der Waals surface area contributed by atoms with Crippen LogP contribution in [0.3, 0.4) is 0 Å². The molecule has 74 valence electrons. The molecule has 1 saturated carbocycles. The van der Waals surface area contributed by atoms with E-state index < -0.39 is 0 Å². The molecule has 1 heteroatoms. The van der Waals surface area contributed by atoms with Crippen molar-refractivity contribution in [3.05, 3.63) is 41.5 Å². The van der Waals surface area contributed by atoms with E-state index in [9.17, 15) is 5.11 Å². The molecule has 1 nitrogen and oxygen atoms in total. The Kier molecular flexibility index (Phi) is 3.00. The zero-order valence-corrected chi connectivity index (χ0v) is 8.32. The topological polar surface area (TPSA) is 20.2 Å². The van der Waals surface area contributed by atoms with Gasteiger partial charge in [-0.25, -0.2) is 0 Å². The van der Waals surface area contributed by atoms with Crippen LogP contribution in [0, 0.1) is 0 Å². The Hall–Kier alpha value is -1.08. The number of rotatable bonds is 1. The Morgan fingerprint density at radius 2 is 1.93 bits per heavy atom. The van der Waals surface area contributed by atoms with Crippen LogP contribution >= 0.6 is 0 Å². The van der Waals surface area contributed by atoms with Crippen LogP contribution in [0.2, 0.25) is 0 Å². The highest BCUT2D eigenvalue weighted by Gasteiger charge is 2.15. The third-order valence-corrected chi connectivity index (χ3v) is 2.77. The van der Waals surface area contributed by atoms with Crippen molar-refractivity contribution in [1.29, 1.82) is 0 Å². The molecule has 1 aliphatic carbocycles. The van der Waals surface area contributed by atoms with Gasteiger partial charge in [0.05, 0.1) is 6.10 Å². The molecular weight excluding hydrogens is 172 g/mol. The second kappa shape index (κ2) is 4.43. The molecule has 1 aliphatic rings. The number of benzene rings is 1. The first-order chi connectivity index (χ1) is 6.86. The molecule has 0 saturated heterocycles. The summed E-state index contributed by atoms with van der Waals surface area (Å²) >= 11 is 0. The molecule has 0 aliphatic heterocycles. The first-order valence-corrected chi connectivity index (χ1v) is 5.30. The number of hydrogen-bond donors (Lipinski definition) is 1. The van der Waals surface area contributed by atoms with Gasteiger partial charge < -0.3 is 5.11 Å². The van der Waals surface area contributed by atoms with Gasteiger partial charge in [-0.3, -0.25) is 0 Å². The normalized spacial score (nSPS) is 25.2. The molecular formula is C13H16O. The predicted octanol–water partition coefficient (Wildman–Crippen LogP) is 3.00. The van der Waals surface area contributed by atoms with Crippen LogP contribution in [0.1, 0.15) is 31.2 Å². The van der Waals surface area contributed by atoms with Gasteiger partial charge in [-0.05, 0) is 30.4 Å². The molecule has 0 amide bonds. The van der Waals surface area contributed by atoms with E-state index in [0.29, 0.717) is 0 Å². The van der Waals surface area contributed by atoms with Crippen LogP contribution in [0.15, 0.2) is 35.9 Å². The molecule has 1 atom stereocenters. The summed E-state index contributed by atoms with van der Waals surface area (Å²) in [5, 5.41) is 9.76. The highest BCUT2D eigenvalue weighted by atomic mass is 16.3.